The number of aromatic nitrogens is 1. The molecule has 0 bridgehead atoms. The van der Waals surface area contributed by atoms with Crippen LogP contribution in [0.1, 0.15) is 50.6 Å². The normalized spacial score (nSPS) is 15.4. The number of aryl methyl sites for hydroxylation is 2. The number of unbranched alkanes of at least 4 members (excludes halogenated alkanes) is 1. The maximum atomic E-state index is 5.43. The summed E-state index contributed by atoms with van der Waals surface area (Å²) in [5.74, 6) is 1.82. The number of guanidine groups is 1. The van der Waals surface area contributed by atoms with Gasteiger partial charge in [0.05, 0.1) is 25.5 Å². The fourth-order valence-electron chi connectivity index (χ4n) is 3.11. The smallest absolute Gasteiger partial charge is 0.191 e. The van der Waals surface area contributed by atoms with Crippen molar-refractivity contribution in [3.63, 3.8) is 0 Å². The van der Waals surface area contributed by atoms with Crippen molar-refractivity contribution in [3.8, 4) is 0 Å². The second kappa shape index (κ2) is 14.2. The zero-order chi connectivity index (χ0) is 18.6. The fourth-order valence-corrected chi connectivity index (χ4v) is 3.11. The Labute approximate surface area is 180 Å². The molecular weight excluding hydrogens is 457 g/mol. The van der Waals surface area contributed by atoms with Gasteiger partial charge in [0, 0.05) is 38.2 Å². The van der Waals surface area contributed by atoms with Crippen molar-refractivity contribution >= 4 is 29.9 Å². The molecule has 0 unspecified atom stereocenters. The first-order valence-corrected chi connectivity index (χ1v) is 10.1. The van der Waals surface area contributed by atoms with E-state index in [-0.39, 0.29) is 24.0 Å². The van der Waals surface area contributed by atoms with E-state index in [1.54, 1.807) is 0 Å². The third-order valence-corrected chi connectivity index (χ3v) is 4.64. The van der Waals surface area contributed by atoms with Gasteiger partial charge in [0.25, 0.3) is 0 Å². The van der Waals surface area contributed by atoms with Crippen LogP contribution in [0.2, 0.25) is 0 Å². The largest absolute Gasteiger partial charge is 0.379 e. The highest BCUT2D eigenvalue weighted by molar-refractivity contribution is 14.0. The average molecular weight is 493 g/mol. The Balaban J connectivity index is 0.00000364. The minimum atomic E-state index is 0. The molecule has 1 aromatic rings. The summed E-state index contributed by atoms with van der Waals surface area (Å²) in [7, 11) is 0. The van der Waals surface area contributed by atoms with Crippen molar-refractivity contribution in [2.45, 2.75) is 53.0 Å². The highest BCUT2D eigenvalue weighted by atomic mass is 127. The zero-order valence-electron chi connectivity index (χ0n) is 17.1. The zero-order valence-corrected chi connectivity index (χ0v) is 19.4. The first kappa shape index (κ1) is 24.2. The lowest BCUT2D eigenvalue weighted by Crippen LogP contribution is -2.39. The molecule has 156 valence electrons. The molecule has 2 heterocycles. The summed E-state index contributed by atoms with van der Waals surface area (Å²) >= 11 is 0. The molecule has 0 saturated carbocycles. The van der Waals surface area contributed by atoms with Crippen molar-refractivity contribution in [1.29, 1.82) is 0 Å². The Hall–Kier alpha value is -0.870. The lowest BCUT2D eigenvalue weighted by Gasteiger charge is -2.26. The standard InChI is InChI=1S/C19H35N5O2.HI/c1-4-17-16(18(5-2)26-23-17)15-22-19(20-6-3)21-9-7-8-10-24-11-13-25-14-12-24;/h4-15H2,1-3H3,(H2,20,21,22);1H. The predicted octanol–water partition coefficient (Wildman–Crippen LogP) is 2.58. The van der Waals surface area contributed by atoms with E-state index >= 15 is 0 Å². The maximum absolute atomic E-state index is 5.43. The van der Waals surface area contributed by atoms with E-state index in [1.807, 2.05) is 0 Å². The number of hydrogen-bond donors (Lipinski definition) is 2. The highest BCUT2D eigenvalue weighted by Gasteiger charge is 2.13. The van der Waals surface area contributed by atoms with Crippen molar-refractivity contribution in [1.82, 2.24) is 20.7 Å². The van der Waals surface area contributed by atoms with Gasteiger partial charge in [0.15, 0.2) is 5.96 Å². The van der Waals surface area contributed by atoms with Gasteiger partial charge in [-0.1, -0.05) is 19.0 Å². The number of nitrogens with zero attached hydrogens (tertiary/aromatic N) is 3. The molecule has 1 aliphatic heterocycles. The van der Waals surface area contributed by atoms with E-state index in [0.717, 1.165) is 88.2 Å². The second-order valence-corrected chi connectivity index (χ2v) is 6.52. The number of nitrogens with one attached hydrogen (secondary N) is 2. The molecule has 0 radical (unpaired) electrons. The van der Waals surface area contributed by atoms with Gasteiger partial charge in [-0.2, -0.15) is 0 Å². The van der Waals surface area contributed by atoms with E-state index in [4.69, 9.17) is 14.3 Å². The molecule has 0 aliphatic carbocycles. The van der Waals surface area contributed by atoms with Gasteiger partial charge in [-0.15, -0.1) is 24.0 Å². The molecular formula is C19H36IN5O2. The molecule has 1 aliphatic rings. The van der Waals surface area contributed by atoms with Crippen LogP contribution in [0.3, 0.4) is 0 Å². The van der Waals surface area contributed by atoms with Crippen molar-refractivity contribution in [3.05, 3.63) is 17.0 Å². The molecule has 0 amide bonds. The van der Waals surface area contributed by atoms with Gasteiger partial charge < -0.3 is 19.9 Å². The summed E-state index contributed by atoms with van der Waals surface area (Å²) < 4.78 is 10.8. The monoisotopic (exact) mass is 493 g/mol. The number of halogens is 1. The van der Waals surface area contributed by atoms with Crippen LogP contribution in [0, 0.1) is 0 Å². The lowest BCUT2D eigenvalue weighted by atomic mass is 10.1. The second-order valence-electron chi connectivity index (χ2n) is 6.52. The summed E-state index contributed by atoms with van der Waals surface area (Å²) in [6.45, 7) is 13.7. The topological polar surface area (TPSA) is 74.9 Å². The van der Waals surface area contributed by atoms with Crippen molar-refractivity contribution < 1.29 is 9.26 Å². The summed E-state index contributed by atoms with van der Waals surface area (Å²) in [5.41, 5.74) is 2.16. The van der Waals surface area contributed by atoms with Crippen molar-refractivity contribution in [2.24, 2.45) is 4.99 Å². The summed E-state index contributed by atoms with van der Waals surface area (Å²) in [6.07, 6.45) is 4.05. The Bertz CT molecular complexity index is 523. The molecule has 0 atom stereocenters. The van der Waals surface area contributed by atoms with Gasteiger partial charge >= 0.3 is 0 Å². The molecule has 2 N–H and O–H groups in total. The number of morpholine rings is 1. The average Bonchev–Trinajstić information content (AvgIpc) is 3.08. The maximum Gasteiger partial charge on any atom is 0.191 e. The van der Waals surface area contributed by atoms with Crippen LogP contribution < -0.4 is 10.6 Å². The van der Waals surface area contributed by atoms with Crippen LogP contribution in [0.15, 0.2) is 9.52 Å². The van der Waals surface area contributed by atoms with Crippen LogP contribution in [0.25, 0.3) is 0 Å². The Kier molecular flexibility index (Phi) is 12.7. The molecule has 27 heavy (non-hydrogen) atoms. The number of hydrogen-bond acceptors (Lipinski definition) is 5. The fraction of sp³-hybridized carbons (Fsp3) is 0.789. The van der Waals surface area contributed by atoms with Crippen molar-refractivity contribution in [2.75, 3.05) is 45.9 Å². The van der Waals surface area contributed by atoms with Crippen LogP contribution in [-0.4, -0.2) is 62.0 Å². The molecule has 0 spiro atoms. The minimum Gasteiger partial charge on any atom is -0.379 e. The third kappa shape index (κ3) is 8.35. The molecule has 7 nitrogen and oxygen atoms in total. The number of rotatable bonds is 10. The Morgan fingerprint density at radius 3 is 2.56 bits per heavy atom. The van der Waals surface area contributed by atoms with Gasteiger partial charge in [0.1, 0.15) is 5.76 Å². The van der Waals surface area contributed by atoms with Crippen LogP contribution in [0.4, 0.5) is 0 Å². The van der Waals surface area contributed by atoms with E-state index in [1.165, 1.54) is 6.42 Å². The number of aliphatic imine (C=N–C) groups is 1. The van der Waals surface area contributed by atoms with Gasteiger partial charge in [-0.05, 0) is 32.7 Å². The first-order valence-electron chi connectivity index (χ1n) is 10.1. The Morgan fingerprint density at radius 1 is 1.11 bits per heavy atom. The summed E-state index contributed by atoms with van der Waals surface area (Å²) in [6, 6.07) is 0. The van der Waals surface area contributed by atoms with E-state index in [2.05, 4.69) is 41.5 Å². The SMILES string of the molecule is CCNC(=NCc1c(CC)noc1CC)NCCCCN1CCOCC1.I. The highest BCUT2D eigenvalue weighted by Crippen LogP contribution is 2.16. The molecule has 1 aromatic heterocycles. The van der Waals surface area contributed by atoms with Crippen LogP contribution in [0.5, 0.6) is 0 Å². The van der Waals surface area contributed by atoms with Crippen LogP contribution >= 0.6 is 24.0 Å². The predicted molar refractivity (Wildman–Crippen MR) is 120 cm³/mol. The van der Waals surface area contributed by atoms with E-state index < -0.39 is 0 Å². The summed E-state index contributed by atoms with van der Waals surface area (Å²) in [4.78, 5) is 7.21. The van der Waals surface area contributed by atoms with Gasteiger partial charge in [-0.25, -0.2) is 4.99 Å². The third-order valence-electron chi connectivity index (χ3n) is 4.64. The Morgan fingerprint density at radius 2 is 1.89 bits per heavy atom. The number of ether oxygens (including phenoxy) is 1. The molecule has 1 fully saturated rings. The van der Waals surface area contributed by atoms with Gasteiger partial charge in [-0.3, -0.25) is 4.90 Å². The molecule has 2 rings (SSSR count). The quantitative estimate of drug-likeness (QED) is 0.226. The molecule has 1 saturated heterocycles. The van der Waals surface area contributed by atoms with Crippen LogP contribution in [-0.2, 0) is 24.1 Å². The first-order chi connectivity index (χ1) is 12.8. The summed E-state index contributed by atoms with van der Waals surface area (Å²) in [5, 5.41) is 10.9. The van der Waals surface area contributed by atoms with E-state index in [9.17, 15) is 0 Å². The lowest BCUT2D eigenvalue weighted by molar-refractivity contribution is 0.0372. The molecule has 0 aromatic carbocycles. The van der Waals surface area contributed by atoms with Gasteiger partial charge in [0.2, 0.25) is 0 Å². The minimum absolute atomic E-state index is 0. The van der Waals surface area contributed by atoms with E-state index in [0.29, 0.717) is 6.54 Å². The molecule has 8 heteroatoms.